The summed E-state index contributed by atoms with van der Waals surface area (Å²) >= 11 is 0. The van der Waals surface area contributed by atoms with Crippen molar-refractivity contribution < 1.29 is 5.11 Å². The molecule has 4 rings (SSSR count). The Balaban J connectivity index is 1.81. The molecule has 0 radical (unpaired) electrons. The predicted molar refractivity (Wildman–Crippen MR) is 115 cm³/mol. The lowest BCUT2D eigenvalue weighted by Crippen LogP contribution is -2.23. The van der Waals surface area contributed by atoms with Crippen LogP contribution < -0.4 is 5.32 Å². The number of aliphatic hydroxyl groups is 1. The number of unbranched alkanes of at least 4 members (excludes halogenated alkanes) is 1. The standard InChI is InChI=1S/C22H30N6O/c1-3-4-14-18(15(2)29)28-22-19(26-27-28)21(23-17-12-8-9-13-17)24-20(25-22)16-10-6-5-7-11-16/h5-7,10-11,15,17-18,29H,3-4,8-9,12-14H2,1-2H3,(H,23,24,25)/t15-,18+/m1/s1. The number of fused-ring (bicyclic) bond motifs is 1. The van der Waals surface area contributed by atoms with E-state index >= 15 is 0 Å². The number of aliphatic hydroxyl groups excluding tert-OH is 1. The lowest BCUT2D eigenvalue weighted by Gasteiger charge is -2.20. The summed E-state index contributed by atoms with van der Waals surface area (Å²) in [6, 6.07) is 10.2. The van der Waals surface area contributed by atoms with Gasteiger partial charge >= 0.3 is 0 Å². The molecule has 154 valence electrons. The maximum atomic E-state index is 10.4. The fourth-order valence-corrected chi connectivity index (χ4v) is 4.12. The van der Waals surface area contributed by atoms with E-state index in [-0.39, 0.29) is 6.04 Å². The summed E-state index contributed by atoms with van der Waals surface area (Å²) in [4.78, 5) is 9.64. The van der Waals surface area contributed by atoms with Crippen molar-refractivity contribution in [1.29, 1.82) is 0 Å². The highest BCUT2D eigenvalue weighted by Gasteiger charge is 2.25. The molecule has 0 bridgehead atoms. The average Bonchev–Trinajstić information content (AvgIpc) is 3.39. The second-order valence-electron chi connectivity index (χ2n) is 8.04. The van der Waals surface area contributed by atoms with Gasteiger partial charge in [-0.15, -0.1) is 5.10 Å². The van der Waals surface area contributed by atoms with Gasteiger partial charge in [0.1, 0.15) is 0 Å². The van der Waals surface area contributed by atoms with E-state index in [0.717, 1.165) is 43.5 Å². The highest BCUT2D eigenvalue weighted by molar-refractivity contribution is 5.84. The van der Waals surface area contributed by atoms with Crippen molar-refractivity contribution in [3.05, 3.63) is 30.3 Å². The highest BCUT2D eigenvalue weighted by atomic mass is 16.3. The van der Waals surface area contributed by atoms with E-state index in [0.29, 0.717) is 23.0 Å². The molecule has 7 nitrogen and oxygen atoms in total. The topological polar surface area (TPSA) is 88.8 Å². The summed E-state index contributed by atoms with van der Waals surface area (Å²) in [7, 11) is 0. The van der Waals surface area contributed by atoms with Crippen LogP contribution in [0.1, 0.15) is 64.8 Å². The molecule has 0 unspecified atom stereocenters. The third kappa shape index (κ3) is 4.24. The molecule has 1 aromatic carbocycles. The molecule has 1 aliphatic carbocycles. The van der Waals surface area contributed by atoms with Crippen LogP contribution in [0.25, 0.3) is 22.6 Å². The summed E-state index contributed by atoms with van der Waals surface area (Å²) in [5.41, 5.74) is 2.32. The number of hydrogen-bond acceptors (Lipinski definition) is 6. The predicted octanol–water partition coefficient (Wildman–Crippen LogP) is 4.35. The monoisotopic (exact) mass is 394 g/mol. The van der Waals surface area contributed by atoms with Crippen LogP contribution in [0.5, 0.6) is 0 Å². The van der Waals surface area contributed by atoms with Crippen molar-refractivity contribution in [1.82, 2.24) is 25.0 Å². The molecular weight excluding hydrogens is 364 g/mol. The van der Waals surface area contributed by atoms with Gasteiger partial charge in [-0.05, 0) is 26.2 Å². The lowest BCUT2D eigenvalue weighted by molar-refractivity contribution is 0.117. The van der Waals surface area contributed by atoms with Gasteiger partial charge in [0.25, 0.3) is 0 Å². The number of hydrogen-bond donors (Lipinski definition) is 2. The van der Waals surface area contributed by atoms with Gasteiger partial charge in [-0.3, -0.25) is 0 Å². The van der Waals surface area contributed by atoms with E-state index in [1.807, 2.05) is 37.3 Å². The molecule has 2 N–H and O–H groups in total. The molecule has 0 saturated heterocycles. The first-order valence-corrected chi connectivity index (χ1v) is 10.8. The van der Waals surface area contributed by atoms with Crippen LogP contribution in [-0.4, -0.2) is 42.2 Å². The molecule has 7 heteroatoms. The Morgan fingerprint density at radius 1 is 1.17 bits per heavy atom. The molecule has 0 amide bonds. The Bertz CT molecular complexity index is 933. The summed E-state index contributed by atoms with van der Waals surface area (Å²) in [5, 5.41) is 22.8. The van der Waals surface area contributed by atoms with Crippen LogP contribution in [0.3, 0.4) is 0 Å². The maximum absolute atomic E-state index is 10.4. The van der Waals surface area contributed by atoms with Crippen molar-refractivity contribution in [2.45, 2.75) is 77.0 Å². The number of benzene rings is 1. The summed E-state index contributed by atoms with van der Waals surface area (Å²) in [6.07, 6.45) is 7.15. The van der Waals surface area contributed by atoms with Gasteiger partial charge in [-0.2, -0.15) is 0 Å². The Hall–Kier alpha value is -2.54. The Kier molecular flexibility index (Phi) is 6.04. The molecule has 1 aliphatic rings. The average molecular weight is 395 g/mol. The normalized spacial score (nSPS) is 16.9. The van der Waals surface area contributed by atoms with E-state index in [9.17, 15) is 5.11 Å². The Labute approximate surface area is 171 Å². The molecule has 2 aromatic heterocycles. The fourth-order valence-electron chi connectivity index (χ4n) is 4.12. The number of rotatable bonds is 8. The van der Waals surface area contributed by atoms with E-state index in [1.54, 1.807) is 4.68 Å². The number of anilines is 1. The van der Waals surface area contributed by atoms with Crippen LogP contribution in [0.2, 0.25) is 0 Å². The van der Waals surface area contributed by atoms with Gasteiger partial charge in [0.2, 0.25) is 0 Å². The van der Waals surface area contributed by atoms with Crippen molar-refractivity contribution >= 4 is 17.0 Å². The maximum Gasteiger partial charge on any atom is 0.184 e. The smallest absolute Gasteiger partial charge is 0.184 e. The molecule has 1 saturated carbocycles. The summed E-state index contributed by atoms with van der Waals surface area (Å²) in [5.74, 6) is 1.40. The third-order valence-corrected chi connectivity index (χ3v) is 5.78. The molecule has 3 aromatic rings. The molecule has 0 spiro atoms. The van der Waals surface area contributed by atoms with Crippen LogP contribution >= 0.6 is 0 Å². The zero-order valence-corrected chi connectivity index (χ0v) is 17.3. The second-order valence-corrected chi connectivity index (χ2v) is 8.04. The summed E-state index contributed by atoms with van der Waals surface area (Å²) < 4.78 is 1.80. The van der Waals surface area contributed by atoms with Crippen molar-refractivity contribution in [2.75, 3.05) is 5.32 Å². The Morgan fingerprint density at radius 3 is 2.62 bits per heavy atom. The summed E-state index contributed by atoms with van der Waals surface area (Å²) in [6.45, 7) is 3.96. The number of nitrogens with one attached hydrogen (secondary N) is 1. The minimum absolute atomic E-state index is 0.155. The fraction of sp³-hybridized carbons (Fsp3) is 0.545. The molecule has 0 aliphatic heterocycles. The molecule has 1 fully saturated rings. The Morgan fingerprint density at radius 2 is 1.93 bits per heavy atom. The zero-order valence-electron chi connectivity index (χ0n) is 17.3. The van der Waals surface area contributed by atoms with Gasteiger partial charge in [0, 0.05) is 11.6 Å². The first-order valence-electron chi connectivity index (χ1n) is 10.8. The number of nitrogens with zero attached hydrogens (tertiary/aromatic N) is 5. The zero-order chi connectivity index (χ0) is 20.2. The number of aromatic nitrogens is 5. The van der Waals surface area contributed by atoms with Gasteiger partial charge < -0.3 is 10.4 Å². The van der Waals surface area contributed by atoms with Crippen molar-refractivity contribution in [3.8, 4) is 11.4 Å². The first-order chi connectivity index (χ1) is 14.2. The van der Waals surface area contributed by atoms with Crippen LogP contribution in [0.4, 0.5) is 5.82 Å². The lowest BCUT2D eigenvalue weighted by atomic mass is 10.1. The molecule has 2 atom stereocenters. The highest BCUT2D eigenvalue weighted by Crippen LogP contribution is 2.30. The van der Waals surface area contributed by atoms with Gasteiger partial charge in [-0.1, -0.05) is 68.2 Å². The largest absolute Gasteiger partial charge is 0.391 e. The molecule has 29 heavy (non-hydrogen) atoms. The van der Waals surface area contributed by atoms with Gasteiger partial charge in [-0.25, -0.2) is 14.6 Å². The van der Waals surface area contributed by atoms with Gasteiger partial charge in [0.15, 0.2) is 22.8 Å². The SMILES string of the molecule is CCCC[C@@H]([C@@H](C)O)n1nnc2c(NC3CCCC3)nc(-c3ccccc3)nc21. The van der Waals surface area contributed by atoms with E-state index in [4.69, 9.17) is 9.97 Å². The molecule has 2 heterocycles. The first kappa shape index (κ1) is 19.8. The van der Waals surface area contributed by atoms with Gasteiger partial charge in [0.05, 0.1) is 12.1 Å². The molecular formula is C22H30N6O. The van der Waals surface area contributed by atoms with E-state index in [1.165, 1.54) is 12.8 Å². The minimum atomic E-state index is -0.534. The van der Waals surface area contributed by atoms with Crippen LogP contribution in [0.15, 0.2) is 30.3 Å². The third-order valence-electron chi connectivity index (χ3n) is 5.78. The van der Waals surface area contributed by atoms with Crippen LogP contribution in [0, 0.1) is 0 Å². The minimum Gasteiger partial charge on any atom is -0.391 e. The quantitative estimate of drug-likeness (QED) is 0.590. The van der Waals surface area contributed by atoms with Crippen molar-refractivity contribution in [3.63, 3.8) is 0 Å². The van der Waals surface area contributed by atoms with Crippen LogP contribution in [-0.2, 0) is 0 Å². The van der Waals surface area contributed by atoms with Crippen molar-refractivity contribution in [2.24, 2.45) is 0 Å². The van der Waals surface area contributed by atoms with E-state index in [2.05, 4.69) is 22.6 Å². The second kappa shape index (κ2) is 8.86. The van der Waals surface area contributed by atoms with E-state index < -0.39 is 6.10 Å².